The lowest BCUT2D eigenvalue weighted by atomic mass is 10.0. The predicted octanol–water partition coefficient (Wildman–Crippen LogP) is 11.1. The van der Waals surface area contributed by atoms with Gasteiger partial charge >= 0.3 is 0 Å². The van der Waals surface area contributed by atoms with Gasteiger partial charge in [0.2, 0.25) is 0 Å². The van der Waals surface area contributed by atoms with Gasteiger partial charge in [-0.2, -0.15) is 20.4 Å². The van der Waals surface area contributed by atoms with E-state index in [0.29, 0.717) is 45.5 Å². The summed E-state index contributed by atoms with van der Waals surface area (Å²) in [5, 5.41) is 71.0. The maximum atomic E-state index is 8.74. The molecule has 8 aromatic heterocycles. The lowest BCUT2D eigenvalue weighted by molar-refractivity contribution is 0.318. The minimum absolute atomic E-state index is 0.0661. The summed E-state index contributed by atoms with van der Waals surface area (Å²) >= 11 is 0. The van der Waals surface area contributed by atoms with Crippen molar-refractivity contribution >= 4 is 90.0 Å². The van der Waals surface area contributed by atoms with Crippen molar-refractivity contribution in [3.8, 4) is 67.5 Å². The van der Waals surface area contributed by atoms with Gasteiger partial charge in [0.15, 0.2) is 23.3 Å². The van der Waals surface area contributed by atoms with E-state index in [0.717, 1.165) is 111 Å². The topological polar surface area (TPSA) is 461 Å². The largest absolute Gasteiger partial charge is 0.409 e. The molecule has 0 saturated heterocycles. The molecular formula is C76H64N24O4. The number of hydrogen-bond donors (Lipinski definition) is 12. The molecule has 20 N–H and O–H groups in total. The first kappa shape index (κ1) is 67.1. The molecular weight excluding hydrogens is 1310 g/mol. The molecule has 8 heterocycles. The average molecular weight is 1380 g/mol. The number of para-hydroxylation sites is 2. The van der Waals surface area contributed by atoms with E-state index in [-0.39, 0.29) is 23.3 Å². The second kappa shape index (κ2) is 29.7. The van der Waals surface area contributed by atoms with E-state index < -0.39 is 0 Å². The molecule has 512 valence electrons. The van der Waals surface area contributed by atoms with Gasteiger partial charge in [0.1, 0.15) is 23.3 Å². The highest BCUT2D eigenvalue weighted by molar-refractivity contribution is 6.03. The van der Waals surface area contributed by atoms with E-state index in [2.05, 4.69) is 61.0 Å². The maximum Gasteiger partial charge on any atom is 0.170 e. The van der Waals surface area contributed by atoms with Crippen molar-refractivity contribution in [2.45, 2.75) is 0 Å². The third-order valence-corrected chi connectivity index (χ3v) is 16.8. The van der Waals surface area contributed by atoms with E-state index in [1.165, 1.54) is 0 Å². The fraction of sp³-hybridized carbons (Fsp3) is 0. The molecule has 28 heteroatoms. The molecule has 0 aliphatic heterocycles. The zero-order valence-electron chi connectivity index (χ0n) is 55.0. The summed E-state index contributed by atoms with van der Waals surface area (Å²) in [5.74, 6) is 2.20. The van der Waals surface area contributed by atoms with E-state index in [4.69, 9.17) is 66.7 Å². The van der Waals surface area contributed by atoms with E-state index in [1.54, 1.807) is 92.0 Å². The molecule has 0 bridgehead atoms. The SMILES string of the molecule is NC(=NO)c1ccc(-n2cc(-c3cc(N)nc4ccccc34)cn2)cc1.NC(=NO)c1ccc(-n2cc(-c3cnc(N)c4ccccc34)cn2)cc1.NC(=NO)c1ccc(-n2ccc(-c3cc(N)nc4ccccc34)n2)cc1.NC(=NO)c1ccc(-n2ccc(-c3cnc(N)c4ccccc34)n2)cc1. The molecule has 0 unspecified atom stereocenters. The number of aromatic nitrogens is 12. The van der Waals surface area contributed by atoms with E-state index in [1.807, 2.05) is 195 Å². The fourth-order valence-corrected chi connectivity index (χ4v) is 11.5. The lowest BCUT2D eigenvalue weighted by Gasteiger charge is -2.06. The number of benzene rings is 8. The highest BCUT2D eigenvalue weighted by atomic mass is 16.4. The van der Waals surface area contributed by atoms with Gasteiger partial charge in [-0.3, -0.25) is 0 Å². The molecule has 0 aliphatic rings. The second-order valence-electron chi connectivity index (χ2n) is 23.2. The summed E-state index contributed by atoms with van der Waals surface area (Å²) in [7, 11) is 0. The molecule has 0 fully saturated rings. The standard InChI is InChI=1S/4C19H16N6O/c20-18-9-16(15-3-1-2-4-17(15)23-18)13-10-22-25(11-13)14-7-5-12(6-8-14)19(21)24-26;20-18(24-26)12-5-7-14(8-6-12)25-11-13(9-23-25)17-10-22-19(21)16-4-2-1-3-15(16)17;20-18-11-15(14-3-1-2-4-16(14)22-18)17-9-10-25(23-17)13-7-5-12(6-8-13)19(21)24-26;20-18(24-26)12-5-7-13(8-6-12)25-10-9-17(23-25)16-11-22-19(21)15-4-2-1-3-14(15)16/h1-11,26H,(H2,20,23)(H2,21,24);1-11,26H,(H2,20,24)(H2,21,22);1-11,26H,(H2,20,22)(H2,21,24);1-11,26H,(H2,20,24)(H2,21,22). The van der Waals surface area contributed by atoms with Crippen LogP contribution in [0.4, 0.5) is 23.3 Å². The number of nitrogens with zero attached hydrogens (tertiary/aromatic N) is 16. The van der Waals surface area contributed by atoms with Crippen molar-refractivity contribution in [1.29, 1.82) is 0 Å². The molecule has 0 saturated carbocycles. The Morgan fingerprint density at radius 1 is 0.317 bits per heavy atom. The highest BCUT2D eigenvalue weighted by Gasteiger charge is 2.16. The number of nitrogens with two attached hydrogens (primary N) is 8. The molecule has 0 atom stereocenters. The van der Waals surface area contributed by atoms with Gasteiger partial charge < -0.3 is 66.7 Å². The zero-order valence-corrected chi connectivity index (χ0v) is 55.0. The predicted molar refractivity (Wildman–Crippen MR) is 405 cm³/mol. The normalized spacial score (nSPS) is 11.8. The van der Waals surface area contributed by atoms with Gasteiger partial charge in [-0.15, -0.1) is 0 Å². The van der Waals surface area contributed by atoms with Crippen molar-refractivity contribution in [3.05, 3.63) is 290 Å². The number of hydrogen-bond acceptors (Lipinski definition) is 20. The Kier molecular flexibility index (Phi) is 19.2. The molecule has 104 heavy (non-hydrogen) atoms. The number of anilines is 4. The third-order valence-electron chi connectivity index (χ3n) is 16.8. The number of oxime groups is 4. The van der Waals surface area contributed by atoms with Crippen LogP contribution in [0, 0.1) is 0 Å². The molecule has 16 rings (SSSR count). The van der Waals surface area contributed by atoms with Crippen molar-refractivity contribution in [2.24, 2.45) is 43.6 Å². The van der Waals surface area contributed by atoms with Crippen LogP contribution in [0.15, 0.2) is 289 Å². The monoisotopic (exact) mass is 1380 g/mol. The summed E-state index contributed by atoms with van der Waals surface area (Å²) < 4.78 is 7.04. The lowest BCUT2D eigenvalue weighted by Crippen LogP contribution is -2.12. The van der Waals surface area contributed by atoms with Crippen LogP contribution in [0.5, 0.6) is 0 Å². The van der Waals surface area contributed by atoms with Crippen molar-refractivity contribution < 1.29 is 20.8 Å². The van der Waals surface area contributed by atoms with Gasteiger partial charge in [0.05, 0.1) is 57.6 Å². The summed E-state index contributed by atoms with van der Waals surface area (Å²) in [5.41, 5.74) is 61.2. The quantitative estimate of drug-likeness (QED) is 0.0234. The van der Waals surface area contributed by atoms with E-state index in [9.17, 15) is 0 Å². The first-order valence-electron chi connectivity index (χ1n) is 31.8. The first-order valence-corrected chi connectivity index (χ1v) is 31.8. The number of nitrogen functional groups attached to an aromatic ring is 4. The summed E-state index contributed by atoms with van der Waals surface area (Å²) in [4.78, 5) is 17.3. The van der Waals surface area contributed by atoms with Gasteiger partial charge in [0.25, 0.3) is 0 Å². The van der Waals surface area contributed by atoms with Crippen LogP contribution in [0.25, 0.3) is 111 Å². The summed E-state index contributed by atoms with van der Waals surface area (Å²) in [6.07, 6.45) is 14.7. The number of pyridine rings is 4. The van der Waals surface area contributed by atoms with Crippen LogP contribution in [0.1, 0.15) is 22.3 Å². The third kappa shape index (κ3) is 14.3. The highest BCUT2D eigenvalue weighted by Crippen LogP contribution is 2.34. The van der Waals surface area contributed by atoms with Gasteiger partial charge in [-0.1, -0.05) is 106 Å². The smallest absolute Gasteiger partial charge is 0.170 e. The van der Waals surface area contributed by atoms with Gasteiger partial charge in [-0.05, 0) is 150 Å². The summed E-state index contributed by atoms with van der Waals surface area (Å²) in [6.45, 7) is 0. The Labute approximate surface area is 591 Å². The van der Waals surface area contributed by atoms with Crippen molar-refractivity contribution in [3.63, 3.8) is 0 Å². The zero-order chi connectivity index (χ0) is 72.4. The fourth-order valence-electron chi connectivity index (χ4n) is 11.5. The van der Waals surface area contributed by atoms with Crippen LogP contribution in [0.3, 0.4) is 0 Å². The molecule has 16 aromatic rings. The molecule has 28 nitrogen and oxygen atoms in total. The number of fused-ring (bicyclic) bond motifs is 4. The second-order valence-corrected chi connectivity index (χ2v) is 23.2. The number of rotatable bonds is 12. The Morgan fingerprint density at radius 3 is 1.04 bits per heavy atom. The minimum Gasteiger partial charge on any atom is -0.409 e. The Morgan fingerprint density at radius 2 is 0.635 bits per heavy atom. The first-order chi connectivity index (χ1) is 50.6. The molecule has 0 aliphatic carbocycles. The van der Waals surface area contributed by atoms with Crippen molar-refractivity contribution in [2.75, 3.05) is 22.9 Å². The minimum atomic E-state index is 0.0661. The van der Waals surface area contributed by atoms with E-state index >= 15 is 0 Å². The molecule has 0 radical (unpaired) electrons. The Hall–Kier alpha value is -15.5. The maximum absolute atomic E-state index is 8.74. The van der Waals surface area contributed by atoms with Crippen LogP contribution in [-0.4, -0.2) is 103 Å². The Balaban J connectivity index is 0.000000123. The molecule has 0 spiro atoms. The molecule has 8 aromatic carbocycles. The van der Waals surface area contributed by atoms with Gasteiger partial charge in [0, 0.05) is 109 Å². The van der Waals surface area contributed by atoms with Crippen LogP contribution in [-0.2, 0) is 0 Å². The van der Waals surface area contributed by atoms with Gasteiger partial charge in [-0.25, -0.2) is 38.7 Å². The van der Waals surface area contributed by atoms with Crippen LogP contribution >= 0.6 is 0 Å². The van der Waals surface area contributed by atoms with Crippen LogP contribution < -0.4 is 45.9 Å². The number of amidine groups is 4. The molecule has 0 amide bonds. The Bertz CT molecular complexity index is 5540. The van der Waals surface area contributed by atoms with Crippen LogP contribution in [0.2, 0.25) is 0 Å². The van der Waals surface area contributed by atoms with Crippen molar-refractivity contribution in [1.82, 2.24) is 59.1 Å². The average Bonchev–Trinajstić information content (AvgIpc) is 1.35. The summed E-state index contributed by atoms with van der Waals surface area (Å²) in [6, 6.07) is 67.9.